The maximum absolute atomic E-state index is 12.1. The largest absolute Gasteiger partial charge is 0.496 e. The third-order valence-electron chi connectivity index (χ3n) is 4.12. The van der Waals surface area contributed by atoms with Crippen LogP contribution in [0.1, 0.15) is 24.8 Å². The first-order valence-corrected chi connectivity index (χ1v) is 8.03. The highest BCUT2D eigenvalue weighted by molar-refractivity contribution is 5.77. The standard InChI is InChI=1S/C17H27N3O2/c1-14(15-5-3-4-6-16(15)22-2)13-17(21)19-9-12-20-10-7-18-8-11-20/h3-6,14,18H,7-13H2,1-2H3,(H,19,21). The number of amides is 1. The summed E-state index contributed by atoms with van der Waals surface area (Å²) in [6.07, 6.45) is 0.488. The Balaban J connectivity index is 1.74. The number of hydrogen-bond acceptors (Lipinski definition) is 4. The van der Waals surface area contributed by atoms with Crippen LogP contribution in [0.5, 0.6) is 5.75 Å². The van der Waals surface area contributed by atoms with E-state index in [4.69, 9.17) is 4.74 Å². The summed E-state index contributed by atoms with van der Waals surface area (Å²) in [6.45, 7) is 7.92. The molecule has 0 aliphatic carbocycles. The molecule has 5 heteroatoms. The van der Waals surface area contributed by atoms with Crippen LogP contribution >= 0.6 is 0 Å². The van der Waals surface area contributed by atoms with Crippen LogP contribution in [0.3, 0.4) is 0 Å². The van der Waals surface area contributed by atoms with Crippen LogP contribution in [0.15, 0.2) is 24.3 Å². The predicted octanol–water partition coefficient (Wildman–Crippen LogP) is 1.21. The van der Waals surface area contributed by atoms with Gasteiger partial charge in [-0.1, -0.05) is 25.1 Å². The molecule has 1 unspecified atom stereocenters. The number of nitrogens with zero attached hydrogens (tertiary/aromatic N) is 1. The fourth-order valence-corrected chi connectivity index (χ4v) is 2.82. The molecule has 5 nitrogen and oxygen atoms in total. The minimum absolute atomic E-state index is 0.105. The van der Waals surface area contributed by atoms with Crippen molar-refractivity contribution in [3.05, 3.63) is 29.8 Å². The van der Waals surface area contributed by atoms with Gasteiger partial charge < -0.3 is 15.4 Å². The van der Waals surface area contributed by atoms with E-state index in [0.29, 0.717) is 6.42 Å². The number of benzene rings is 1. The second-order valence-electron chi connectivity index (χ2n) is 5.79. The molecular formula is C17H27N3O2. The normalized spacial score (nSPS) is 17.0. The summed E-state index contributed by atoms with van der Waals surface area (Å²) < 4.78 is 5.36. The number of piperazine rings is 1. The zero-order valence-electron chi connectivity index (χ0n) is 13.6. The first kappa shape index (κ1) is 16.8. The van der Waals surface area contributed by atoms with Gasteiger partial charge in [0.1, 0.15) is 5.75 Å². The molecule has 0 saturated carbocycles. The van der Waals surface area contributed by atoms with Gasteiger partial charge in [0, 0.05) is 45.7 Å². The lowest BCUT2D eigenvalue weighted by molar-refractivity contribution is -0.121. The number of methoxy groups -OCH3 is 1. The Bertz CT molecular complexity index is 473. The second kappa shape index (κ2) is 8.76. The number of rotatable bonds is 7. The number of hydrogen-bond donors (Lipinski definition) is 2. The Morgan fingerprint density at radius 1 is 1.36 bits per heavy atom. The van der Waals surface area contributed by atoms with Gasteiger partial charge in [0.2, 0.25) is 5.91 Å². The van der Waals surface area contributed by atoms with Crippen molar-refractivity contribution in [3.63, 3.8) is 0 Å². The zero-order valence-corrected chi connectivity index (χ0v) is 13.6. The van der Waals surface area contributed by atoms with Crippen LogP contribution in [-0.4, -0.2) is 57.2 Å². The van der Waals surface area contributed by atoms with Gasteiger partial charge in [-0.25, -0.2) is 0 Å². The molecule has 122 valence electrons. The Hall–Kier alpha value is -1.59. The average Bonchev–Trinajstić information content (AvgIpc) is 2.55. The van der Waals surface area contributed by atoms with E-state index >= 15 is 0 Å². The predicted molar refractivity (Wildman–Crippen MR) is 88.3 cm³/mol. The summed E-state index contributed by atoms with van der Waals surface area (Å²) in [5.41, 5.74) is 1.09. The van der Waals surface area contributed by atoms with E-state index in [1.807, 2.05) is 24.3 Å². The van der Waals surface area contributed by atoms with E-state index in [-0.39, 0.29) is 11.8 Å². The first-order chi connectivity index (χ1) is 10.7. The molecule has 0 spiro atoms. The highest BCUT2D eigenvalue weighted by Crippen LogP contribution is 2.28. The number of nitrogens with one attached hydrogen (secondary N) is 2. The molecule has 22 heavy (non-hydrogen) atoms. The van der Waals surface area contributed by atoms with Crippen LogP contribution in [-0.2, 0) is 4.79 Å². The topological polar surface area (TPSA) is 53.6 Å². The van der Waals surface area contributed by atoms with E-state index in [9.17, 15) is 4.79 Å². The molecule has 0 bridgehead atoms. The Labute approximate surface area is 133 Å². The molecule has 1 aliphatic rings. The maximum atomic E-state index is 12.1. The Morgan fingerprint density at radius 2 is 2.09 bits per heavy atom. The molecule has 1 aromatic carbocycles. The maximum Gasteiger partial charge on any atom is 0.220 e. The van der Waals surface area contributed by atoms with Crippen molar-refractivity contribution < 1.29 is 9.53 Å². The Morgan fingerprint density at radius 3 is 2.82 bits per heavy atom. The Kier molecular flexibility index (Phi) is 6.68. The van der Waals surface area contributed by atoms with Crippen molar-refractivity contribution in [2.24, 2.45) is 0 Å². The van der Waals surface area contributed by atoms with Crippen molar-refractivity contribution >= 4 is 5.91 Å². The molecule has 1 saturated heterocycles. The lowest BCUT2D eigenvalue weighted by Crippen LogP contribution is -2.46. The van der Waals surface area contributed by atoms with Gasteiger partial charge in [-0.2, -0.15) is 0 Å². The van der Waals surface area contributed by atoms with E-state index in [1.165, 1.54) is 0 Å². The van der Waals surface area contributed by atoms with Crippen molar-refractivity contribution in [3.8, 4) is 5.75 Å². The van der Waals surface area contributed by atoms with Gasteiger partial charge in [-0.05, 0) is 17.5 Å². The van der Waals surface area contributed by atoms with Gasteiger partial charge in [0.25, 0.3) is 0 Å². The summed E-state index contributed by atoms with van der Waals surface area (Å²) in [5, 5.41) is 6.35. The minimum Gasteiger partial charge on any atom is -0.496 e. The molecule has 0 radical (unpaired) electrons. The monoisotopic (exact) mass is 305 g/mol. The van der Waals surface area contributed by atoms with E-state index in [1.54, 1.807) is 7.11 Å². The average molecular weight is 305 g/mol. The van der Waals surface area contributed by atoms with Crippen molar-refractivity contribution in [2.75, 3.05) is 46.4 Å². The molecule has 1 aromatic rings. The highest BCUT2D eigenvalue weighted by atomic mass is 16.5. The van der Waals surface area contributed by atoms with Gasteiger partial charge in [0.05, 0.1) is 7.11 Å². The molecule has 1 aliphatic heterocycles. The van der Waals surface area contributed by atoms with Gasteiger partial charge in [0.15, 0.2) is 0 Å². The smallest absolute Gasteiger partial charge is 0.220 e. The molecule has 2 rings (SSSR count). The number of ether oxygens (including phenoxy) is 1. The number of para-hydroxylation sites is 1. The minimum atomic E-state index is 0.105. The van der Waals surface area contributed by atoms with E-state index < -0.39 is 0 Å². The van der Waals surface area contributed by atoms with E-state index in [2.05, 4.69) is 22.5 Å². The summed E-state index contributed by atoms with van der Waals surface area (Å²) in [7, 11) is 1.67. The van der Waals surface area contributed by atoms with Crippen LogP contribution in [0, 0.1) is 0 Å². The fraction of sp³-hybridized carbons (Fsp3) is 0.588. The SMILES string of the molecule is COc1ccccc1C(C)CC(=O)NCCN1CCNCC1. The van der Waals surface area contributed by atoms with Crippen LogP contribution in [0.2, 0.25) is 0 Å². The van der Waals surface area contributed by atoms with Crippen LogP contribution < -0.4 is 15.4 Å². The lowest BCUT2D eigenvalue weighted by Gasteiger charge is -2.27. The number of carbonyl (C=O) groups is 1. The van der Waals surface area contributed by atoms with Crippen molar-refractivity contribution in [1.29, 1.82) is 0 Å². The lowest BCUT2D eigenvalue weighted by atomic mass is 9.96. The molecule has 1 atom stereocenters. The molecule has 1 heterocycles. The second-order valence-corrected chi connectivity index (χ2v) is 5.79. The summed E-state index contributed by atoms with van der Waals surface area (Å²) in [5.74, 6) is 1.10. The summed E-state index contributed by atoms with van der Waals surface area (Å²) in [4.78, 5) is 14.5. The van der Waals surface area contributed by atoms with Crippen molar-refractivity contribution in [1.82, 2.24) is 15.5 Å². The van der Waals surface area contributed by atoms with Crippen LogP contribution in [0.25, 0.3) is 0 Å². The molecule has 1 amide bonds. The van der Waals surface area contributed by atoms with Gasteiger partial charge in [-0.3, -0.25) is 9.69 Å². The number of carbonyl (C=O) groups excluding carboxylic acids is 1. The molecule has 2 N–H and O–H groups in total. The van der Waals surface area contributed by atoms with E-state index in [0.717, 1.165) is 50.6 Å². The third-order valence-corrected chi connectivity index (χ3v) is 4.12. The summed E-state index contributed by atoms with van der Waals surface area (Å²) in [6, 6.07) is 7.89. The third kappa shape index (κ3) is 5.00. The van der Waals surface area contributed by atoms with Crippen LogP contribution in [0.4, 0.5) is 0 Å². The molecular weight excluding hydrogens is 278 g/mol. The van der Waals surface area contributed by atoms with Gasteiger partial charge in [-0.15, -0.1) is 0 Å². The highest BCUT2D eigenvalue weighted by Gasteiger charge is 2.15. The van der Waals surface area contributed by atoms with Crippen molar-refractivity contribution in [2.45, 2.75) is 19.3 Å². The summed E-state index contributed by atoms with van der Waals surface area (Å²) >= 11 is 0. The first-order valence-electron chi connectivity index (χ1n) is 8.03. The van der Waals surface area contributed by atoms with Gasteiger partial charge >= 0.3 is 0 Å². The fourth-order valence-electron chi connectivity index (χ4n) is 2.82. The zero-order chi connectivity index (χ0) is 15.8. The molecule has 1 fully saturated rings. The molecule has 0 aromatic heterocycles. The quantitative estimate of drug-likeness (QED) is 0.795.